The average Bonchev–Trinajstić information content (AvgIpc) is 2.15. The second-order valence-electron chi connectivity index (χ2n) is 4.20. The second kappa shape index (κ2) is 20.9. The van der Waals surface area contributed by atoms with Gasteiger partial charge in [0.2, 0.25) is 0 Å². The Hall–Kier alpha value is 0.549. The van der Waals surface area contributed by atoms with E-state index in [0.717, 1.165) is 0 Å². The third-order valence-corrected chi connectivity index (χ3v) is 2.67. The van der Waals surface area contributed by atoms with Crippen molar-refractivity contribution >= 4 is 12.4 Å². The summed E-state index contributed by atoms with van der Waals surface area (Å²) in [6.07, 6.45) is 28.0. The van der Waals surface area contributed by atoms with Gasteiger partial charge in [0.1, 0.15) is 0 Å². The molecule has 0 spiro atoms. The quantitative estimate of drug-likeness (QED) is 0.297. The zero-order valence-corrected chi connectivity index (χ0v) is 17.0. The molecule has 0 atom stereocenters. The first kappa shape index (κ1) is 24.6. The molecule has 0 saturated heterocycles. The van der Waals surface area contributed by atoms with Gasteiger partial charge in [-0.25, -0.2) is 0 Å². The van der Waals surface area contributed by atoms with E-state index in [1.165, 1.54) is 51.4 Å². The standard InChI is InChI=1S/2C8H12.ClH.2Ir/c2*1-2-4-6-8-7-5-3-1;;;/h2*1-2,7-8H,3-6H2;1H;;/b2*2-1-,8-7?;;;. The number of halogens is 1. The van der Waals surface area contributed by atoms with Crippen molar-refractivity contribution in [2.24, 2.45) is 0 Å². The van der Waals surface area contributed by atoms with Crippen LogP contribution in [0.15, 0.2) is 48.6 Å². The van der Waals surface area contributed by atoms with Crippen LogP contribution >= 0.6 is 12.4 Å². The molecule has 0 bridgehead atoms. The summed E-state index contributed by atoms with van der Waals surface area (Å²) in [4.78, 5) is 0. The third kappa shape index (κ3) is 18.5. The first-order valence-corrected chi connectivity index (χ1v) is 6.60. The molecule has 0 aromatic carbocycles. The SMILES string of the molecule is C1=CCC/C=C\CC1.C1=CCC/C=C\CC1.Cl.[Ir].[Ir]. The summed E-state index contributed by atoms with van der Waals surface area (Å²) in [6.45, 7) is 0. The van der Waals surface area contributed by atoms with Crippen molar-refractivity contribution in [2.75, 3.05) is 0 Å². The van der Waals surface area contributed by atoms with Crippen molar-refractivity contribution < 1.29 is 40.2 Å². The van der Waals surface area contributed by atoms with E-state index in [4.69, 9.17) is 0 Å². The fraction of sp³-hybridized carbons (Fsp3) is 0.500. The monoisotopic (exact) mass is 638 g/mol. The minimum absolute atomic E-state index is 0. The second-order valence-corrected chi connectivity index (χ2v) is 4.20. The molecule has 2 radical (unpaired) electrons. The minimum atomic E-state index is 0. The molecule has 0 aromatic heterocycles. The van der Waals surface area contributed by atoms with Crippen LogP contribution in [0.5, 0.6) is 0 Å². The van der Waals surface area contributed by atoms with Crippen molar-refractivity contribution in [3.8, 4) is 0 Å². The van der Waals surface area contributed by atoms with E-state index in [-0.39, 0.29) is 52.6 Å². The van der Waals surface area contributed by atoms with E-state index in [9.17, 15) is 0 Å². The van der Waals surface area contributed by atoms with Crippen LogP contribution in [0.3, 0.4) is 0 Å². The molecular weight excluding hydrogens is 612 g/mol. The minimum Gasteiger partial charge on any atom is -0.147 e. The molecule has 2 aliphatic carbocycles. The molecule has 0 unspecified atom stereocenters. The van der Waals surface area contributed by atoms with Gasteiger partial charge in [-0.3, -0.25) is 0 Å². The largest absolute Gasteiger partial charge is 0.147 e. The Labute approximate surface area is 152 Å². The zero-order chi connectivity index (χ0) is 11.3. The van der Waals surface area contributed by atoms with Crippen LogP contribution in [0, 0.1) is 0 Å². The molecule has 2 aliphatic rings. The first-order valence-electron chi connectivity index (χ1n) is 6.60. The van der Waals surface area contributed by atoms with Gasteiger partial charge in [-0.2, -0.15) is 0 Å². The van der Waals surface area contributed by atoms with Gasteiger partial charge in [0.25, 0.3) is 0 Å². The number of allylic oxidation sites excluding steroid dienone is 8. The molecule has 19 heavy (non-hydrogen) atoms. The Bertz CT molecular complexity index is 188. The van der Waals surface area contributed by atoms with Crippen LogP contribution in [-0.2, 0) is 40.2 Å². The van der Waals surface area contributed by atoms with E-state index < -0.39 is 0 Å². The van der Waals surface area contributed by atoms with Crippen LogP contribution in [0.25, 0.3) is 0 Å². The molecule has 0 N–H and O–H groups in total. The van der Waals surface area contributed by atoms with Crippen LogP contribution in [0.1, 0.15) is 51.4 Å². The molecular formula is C16H25ClIr2. The molecule has 0 aromatic rings. The Morgan fingerprint density at radius 3 is 0.526 bits per heavy atom. The average molecular weight is 637 g/mol. The number of hydrogen-bond donors (Lipinski definition) is 0. The van der Waals surface area contributed by atoms with E-state index >= 15 is 0 Å². The topological polar surface area (TPSA) is 0 Å². The number of rotatable bonds is 0. The molecule has 0 amide bonds. The number of hydrogen-bond acceptors (Lipinski definition) is 0. The van der Waals surface area contributed by atoms with Gasteiger partial charge in [0.15, 0.2) is 0 Å². The van der Waals surface area contributed by atoms with Crippen molar-refractivity contribution in [1.82, 2.24) is 0 Å². The molecule has 0 aliphatic heterocycles. The molecule has 114 valence electrons. The van der Waals surface area contributed by atoms with E-state index in [2.05, 4.69) is 48.6 Å². The maximum atomic E-state index is 2.27. The molecule has 0 nitrogen and oxygen atoms in total. The van der Waals surface area contributed by atoms with Crippen molar-refractivity contribution in [3.63, 3.8) is 0 Å². The van der Waals surface area contributed by atoms with Crippen LogP contribution in [-0.4, -0.2) is 0 Å². The van der Waals surface area contributed by atoms with Crippen LogP contribution in [0.2, 0.25) is 0 Å². The Balaban J connectivity index is -0.000000233. The molecule has 3 heteroatoms. The van der Waals surface area contributed by atoms with Crippen molar-refractivity contribution in [1.29, 1.82) is 0 Å². The summed E-state index contributed by atoms with van der Waals surface area (Å²) >= 11 is 0. The summed E-state index contributed by atoms with van der Waals surface area (Å²) in [7, 11) is 0. The Morgan fingerprint density at radius 2 is 0.421 bits per heavy atom. The van der Waals surface area contributed by atoms with Gasteiger partial charge in [0, 0.05) is 40.2 Å². The molecule has 0 saturated carbocycles. The fourth-order valence-electron chi connectivity index (χ4n) is 1.71. The van der Waals surface area contributed by atoms with Crippen molar-refractivity contribution in [3.05, 3.63) is 48.6 Å². The predicted octanol–water partition coefficient (Wildman–Crippen LogP) is 5.76. The van der Waals surface area contributed by atoms with Gasteiger partial charge in [-0.05, 0) is 51.4 Å². The molecule has 0 fully saturated rings. The molecule has 2 rings (SSSR count). The van der Waals surface area contributed by atoms with E-state index in [0.29, 0.717) is 0 Å². The summed E-state index contributed by atoms with van der Waals surface area (Å²) in [5.41, 5.74) is 0. The van der Waals surface area contributed by atoms with Crippen molar-refractivity contribution in [2.45, 2.75) is 51.4 Å². The first-order chi connectivity index (χ1) is 8.00. The van der Waals surface area contributed by atoms with Crippen LogP contribution < -0.4 is 0 Å². The van der Waals surface area contributed by atoms with Gasteiger partial charge in [-0.15, -0.1) is 12.4 Å². The van der Waals surface area contributed by atoms with Gasteiger partial charge < -0.3 is 0 Å². The van der Waals surface area contributed by atoms with Gasteiger partial charge in [0.05, 0.1) is 0 Å². The fourth-order valence-corrected chi connectivity index (χ4v) is 1.71. The van der Waals surface area contributed by atoms with E-state index in [1.54, 1.807) is 0 Å². The Kier molecular flexibility index (Phi) is 27.0. The zero-order valence-electron chi connectivity index (χ0n) is 11.4. The predicted molar refractivity (Wildman–Crippen MR) is 80.7 cm³/mol. The van der Waals surface area contributed by atoms with Crippen LogP contribution in [0.4, 0.5) is 0 Å². The smallest absolute Gasteiger partial charge is 0 e. The van der Waals surface area contributed by atoms with Gasteiger partial charge in [-0.1, -0.05) is 48.6 Å². The maximum Gasteiger partial charge on any atom is 0 e. The Morgan fingerprint density at radius 1 is 0.316 bits per heavy atom. The van der Waals surface area contributed by atoms with Gasteiger partial charge >= 0.3 is 0 Å². The third-order valence-electron chi connectivity index (χ3n) is 2.67. The summed E-state index contributed by atoms with van der Waals surface area (Å²) in [5, 5.41) is 0. The maximum absolute atomic E-state index is 2.27. The normalized spacial score (nSPS) is 20.2. The van der Waals surface area contributed by atoms with E-state index in [1.807, 2.05) is 0 Å². The summed E-state index contributed by atoms with van der Waals surface area (Å²) in [6, 6.07) is 0. The summed E-state index contributed by atoms with van der Waals surface area (Å²) in [5.74, 6) is 0. The summed E-state index contributed by atoms with van der Waals surface area (Å²) < 4.78 is 0. The molecule has 0 heterocycles.